The normalized spacial score (nSPS) is 14.3. The van der Waals surface area contributed by atoms with E-state index in [4.69, 9.17) is 4.98 Å². The van der Waals surface area contributed by atoms with Crippen molar-refractivity contribution < 1.29 is 0 Å². The van der Waals surface area contributed by atoms with Crippen molar-refractivity contribution >= 4 is 35.6 Å². The average Bonchev–Trinajstić information content (AvgIpc) is 3.45. The molecular weight excluding hydrogens is 456 g/mol. The Bertz CT molecular complexity index is 1540. The van der Waals surface area contributed by atoms with Crippen LogP contribution in [0.4, 0.5) is 17.1 Å². The molecule has 0 spiro atoms. The summed E-state index contributed by atoms with van der Waals surface area (Å²) in [5.74, 6) is 0. The minimum absolute atomic E-state index is 0.112. The second kappa shape index (κ2) is 8.31. The summed E-state index contributed by atoms with van der Waals surface area (Å²) in [6.07, 6.45) is 3.71. The Morgan fingerprint density at radius 2 is 1.56 bits per heavy atom. The number of aromatic nitrogens is 3. The molecule has 0 aliphatic carbocycles. The largest absolute Gasteiger partial charge is 0.310 e. The third kappa shape index (κ3) is 3.50. The molecule has 1 aliphatic rings. The summed E-state index contributed by atoms with van der Waals surface area (Å²) in [4.78, 5) is 7.19. The summed E-state index contributed by atoms with van der Waals surface area (Å²) >= 11 is 0. The highest BCUT2D eigenvalue weighted by Gasteiger charge is 2.38. The van der Waals surface area contributed by atoms with Gasteiger partial charge < -0.3 is 4.90 Å². The van der Waals surface area contributed by atoms with Gasteiger partial charge in [-0.1, -0.05) is 80.7 Å². The lowest BCUT2D eigenvalue weighted by atomic mass is 9.73. The molecule has 0 saturated heterocycles. The number of nitrogens with one attached hydrogen (secondary N) is 1. The van der Waals surface area contributed by atoms with Crippen molar-refractivity contribution in [2.45, 2.75) is 32.4 Å². The number of hydrogen-bond donors (Lipinski definition) is 1. The highest BCUT2D eigenvalue weighted by Crippen LogP contribution is 2.51. The van der Waals surface area contributed by atoms with Crippen LogP contribution in [0.15, 0.2) is 103 Å². The minimum Gasteiger partial charge on any atom is -0.310 e. The van der Waals surface area contributed by atoms with Gasteiger partial charge in [0.2, 0.25) is 0 Å². The Morgan fingerprint density at radius 1 is 0.750 bits per heavy atom. The molecule has 1 aliphatic heterocycles. The van der Waals surface area contributed by atoms with E-state index in [2.05, 4.69) is 121 Å². The van der Waals surface area contributed by atoms with Crippen molar-refractivity contribution in [2.24, 2.45) is 0 Å². The third-order valence-corrected chi connectivity index (χ3v) is 11.0. The highest BCUT2D eigenvalue weighted by atomic mass is 28.3. The molecule has 178 valence electrons. The monoisotopic (exact) mass is 486 g/mol. The molecule has 5 heteroatoms. The maximum absolute atomic E-state index is 4.76. The SMILES string of the molecule is CC1(C)c2ccccc2N(c2cccc(-c3ccn[nH]3)c2)c2cc([Si](C)(C)c3ccccn3)ccc21. The van der Waals surface area contributed by atoms with Gasteiger partial charge in [0, 0.05) is 34.4 Å². The van der Waals surface area contributed by atoms with Crippen molar-refractivity contribution in [1.82, 2.24) is 15.2 Å². The summed E-state index contributed by atoms with van der Waals surface area (Å²) < 4.78 is 0. The number of pyridine rings is 1. The molecule has 0 radical (unpaired) electrons. The van der Waals surface area contributed by atoms with E-state index in [1.54, 1.807) is 6.20 Å². The third-order valence-electron chi connectivity index (χ3n) is 7.67. The fraction of sp³-hybridized carbons (Fsp3) is 0.161. The molecule has 5 aromatic rings. The lowest BCUT2D eigenvalue weighted by molar-refractivity contribution is 0.632. The van der Waals surface area contributed by atoms with Crippen LogP contribution in [-0.2, 0) is 5.41 Å². The Morgan fingerprint density at radius 3 is 2.33 bits per heavy atom. The number of hydrogen-bond acceptors (Lipinski definition) is 3. The fourth-order valence-corrected chi connectivity index (χ4v) is 7.70. The van der Waals surface area contributed by atoms with Gasteiger partial charge >= 0.3 is 0 Å². The molecular formula is C31H30N4Si. The van der Waals surface area contributed by atoms with Crippen LogP contribution in [0.5, 0.6) is 0 Å². The van der Waals surface area contributed by atoms with Crippen LogP contribution in [0.1, 0.15) is 25.0 Å². The van der Waals surface area contributed by atoms with E-state index in [0.29, 0.717) is 0 Å². The van der Waals surface area contributed by atoms with Crippen molar-refractivity contribution in [3.05, 3.63) is 115 Å². The molecule has 0 unspecified atom stereocenters. The number of rotatable bonds is 4. The zero-order chi connectivity index (χ0) is 24.9. The molecule has 3 aromatic carbocycles. The predicted molar refractivity (Wildman–Crippen MR) is 152 cm³/mol. The average molecular weight is 487 g/mol. The number of anilines is 3. The number of para-hydroxylation sites is 1. The maximum atomic E-state index is 4.76. The lowest BCUT2D eigenvalue weighted by Crippen LogP contribution is -2.54. The van der Waals surface area contributed by atoms with Gasteiger partial charge in [0.05, 0.1) is 17.1 Å². The Hall–Kier alpha value is -3.96. The summed E-state index contributed by atoms with van der Waals surface area (Å²) in [6, 6.07) is 32.9. The van der Waals surface area contributed by atoms with Gasteiger partial charge in [-0.25, -0.2) is 0 Å². The van der Waals surface area contributed by atoms with E-state index >= 15 is 0 Å². The van der Waals surface area contributed by atoms with E-state index < -0.39 is 8.07 Å². The lowest BCUT2D eigenvalue weighted by Gasteiger charge is -2.42. The van der Waals surface area contributed by atoms with Gasteiger partial charge in [0.1, 0.15) is 8.07 Å². The van der Waals surface area contributed by atoms with Gasteiger partial charge in [0.15, 0.2) is 0 Å². The number of benzene rings is 3. The number of fused-ring (bicyclic) bond motifs is 2. The predicted octanol–water partition coefficient (Wildman–Crippen LogP) is 6.40. The van der Waals surface area contributed by atoms with Crippen molar-refractivity contribution in [3.63, 3.8) is 0 Å². The number of nitrogens with zero attached hydrogens (tertiary/aromatic N) is 3. The van der Waals surface area contributed by atoms with Crippen LogP contribution >= 0.6 is 0 Å². The summed E-state index contributed by atoms with van der Waals surface area (Å²) in [6.45, 7) is 9.46. The van der Waals surface area contributed by atoms with Crippen LogP contribution in [0.25, 0.3) is 11.3 Å². The van der Waals surface area contributed by atoms with E-state index in [0.717, 1.165) is 16.9 Å². The fourth-order valence-electron chi connectivity index (χ4n) is 5.49. The Labute approximate surface area is 213 Å². The molecule has 0 fully saturated rings. The quantitative estimate of drug-likeness (QED) is 0.299. The first-order chi connectivity index (χ1) is 17.4. The van der Waals surface area contributed by atoms with Crippen molar-refractivity contribution in [3.8, 4) is 11.3 Å². The standard InChI is InChI=1S/C31H30N4Si/c1-31(2)25-12-5-6-13-28(25)35(23-11-9-10-22(20-23)27-17-19-33-34-27)29-21-24(15-16-26(29)31)36(3,4)30-14-7-8-18-32-30/h5-21H,1-4H3,(H,33,34). The van der Waals surface area contributed by atoms with Crippen LogP contribution in [-0.4, -0.2) is 23.3 Å². The van der Waals surface area contributed by atoms with Crippen LogP contribution in [0.3, 0.4) is 0 Å². The summed E-state index contributed by atoms with van der Waals surface area (Å²) in [7, 11) is -1.99. The zero-order valence-corrected chi connectivity index (χ0v) is 22.2. The molecule has 36 heavy (non-hydrogen) atoms. The molecule has 1 N–H and O–H groups in total. The van der Waals surface area contributed by atoms with E-state index in [9.17, 15) is 0 Å². The highest BCUT2D eigenvalue weighted by molar-refractivity contribution is 7.00. The molecule has 0 saturated carbocycles. The maximum Gasteiger partial charge on any atom is 0.135 e. The number of aromatic amines is 1. The molecule has 3 heterocycles. The number of H-pyrrole nitrogens is 1. The van der Waals surface area contributed by atoms with Crippen molar-refractivity contribution in [1.29, 1.82) is 0 Å². The Balaban J connectivity index is 1.58. The first-order valence-electron chi connectivity index (χ1n) is 12.4. The summed E-state index contributed by atoms with van der Waals surface area (Å²) in [5, 5.41) is 9.85. The minimum atomic E-state index is -1.99. The van der Waals surface area contributed by atoms with Crippen LogP contribution in [0.2, 0.25) is 13.1 Å². The van der Waals surface area contributed by atoms with E-state index in [1.807, 2.05) is 18.3 Å². The molecule has 4 nitrogen and oxygen atoms in total. The first kappa shape index (κ1) is 22.5. The van der Waals surface area contributed by atoms with Gasteiger partial charge in [-0.05, 0) is 53.6 Å². The summed E-state index contributed by atoms with van der Waals surface area (Å²) in [5.41, 5.74) is 8.30. The first-order valence-corrected chi connectivity index (χ1v) is 15.4. The zero-order valence-electron chi connectivity index (χ0n) is 21.2. The van der Waals surface area contributed by atoms with Gasteiger partial charge in [-0.15, -0.1) is 0 Å². The molecule has 6 rings (SSSR count). The second-order valence-corrected chi connectivity index (χ2v) is 14.9. The molecule has 2 aromatic heterocycles. The van der Waals surface area contributed by atoms with E-state index in [1.165, 1.54) is 33.0 Å². The van der Waals surface area contributed by atoms with Gasteiger partial charge in [0.25, 0.3) is 0 Å². The smallest absolute Gasteiger partial charge is 0.135 e. The van der Waals surface area contributed by atoms with Crippen LogP contribution in [0, 0.1) is 0 Å². The van der Waals surface area contributed by atoms with Crippen molar-refractivity contribution in [2.75, 3.05) is 4.90 Å². The molecule has 0 amide bonds. The van der Waals surface area contributed by atoms with E-state index in [-0.39, 0.29) is 5.41 Å². The molecule has 0 bridgehead atoms. The van der Waals surface area contributed by atoms with Crippen LogP contribution < -0.4 is 15.4 Å². The van der Waals surface area contributed by atoms with Gasteiger partial charge in [-0.2, -0.15) is 5.10 Å². The Kier molecular flexibility index (Phi) is 5.20. The molecule has 0 atom stereocenters. The topological polar surface area (TPSA) is 44.8 Å². The van der Waals surface area contributed by atoms with Gasteiger partial charge in [-0.3, -0.25) is 10.1 Å². The second-order valence-electron chi connectivity index (χ2n) is 10.6.